The molecule has 0 aromatic carbocycles. The van der Waals surface area contributed by atoms with Crippen LogP contribution in [0.3, 0.4) is 0 Å². The lowest BCUT2D eigenvalue weighted by molar-refractivity contribution is -0.862. The summed E-state index contributed by atoms with van der Waals surface area (Å²) >= 11 is 0. The van der Waals surface area contributed by atoms with Gasteiger partial charge in [-0.25, -0.2) is 4.79 Å². The molecule has 1 saturated carbocycles. The van der Waals surface area contributed by atoms with E-state index >= 15 is 0 Å². The van der Waals surface area contributed by atoms with Gasteiger partial charge in [-0.1, -0.05) is 13.8 Å². The minimum absolute atomic E-state index is 0.00752. The SMILES string of the molecule is CC12C[C@]3(C)C[NH+](C[C@](C)(C1)C3)C2=O. The molecular formula is C12H20NO+. The normalized spacial score (nSPS) is 60.8. The van der Waals surface area contributed by atoms with Crippen LogP contribution < -0.4 is 4.90 Å². The van der Waals surface area contributed by atoms with E-state index in [-0.39, 0.29) is 5.41 Å². The van der Waals surface area contributed by atoms with Crippen LogP contribution >= 0.6 is 0 Å². The molecule has 14 heavy (non-hydrogen) atoms. The van der Waals surface area contributed by atoms with Gasteiger partial charge < -0.3 is 0 Å². The van der Waals surface area contributed by atoms with Crippen molar-refractivity contribution in [1.82, 2.24) is 0 Å². The maximum Gasteiger partial charge on any atom is 0.318 e. The molecule has 4 rings (SSSR count). The van der Waals surface area contributed by atoms with Crippen LogP contribution in [0.5, 0.6) is 0 Å². The Hall–Kier alpha value is -0.370. The second-order valence-electron chi connectivity index (χ2n) is 7.00. The molecular weight excluding hydrogens is 174 g/mol. The van der Waals surface area contributed by atoms with Crippen molar-refractivity contribution in [3.05, 3.63) is 0 Å². The second-order valence-corrected chi connectivity index (χ2v) is 7.00. The van der Waals surface area contributed by atoms with E-state index in [0.717, 1.165) is 25.9 Å². The highest BCUT2D eigenvalue weighted by atomic mass is 16.2. The maximum atomic E-state index is 12.1. The van der Waals surface area contributed by atoms with Crippen molar-refractivity contribution in [1.29, 1.82) is 0 Å². The third-order valence-electron chi connectivity index (χ3n) is 4.64. The Morgan fingerprint density at radius 1 is 1.00 bits per heavy atom. The van der Waals surface area contributed by atoms with Crippen LogP contribution in [0, 0.1) is 16.2 Å². The fourth-order valence-corrected chi connectivity index (χ4v) is 5.19. The molecule has 4 fully saturated rings. The summed E-state index contributed by atoms with van der Waals surface area (Å²) in [5.74, 6) is 0.507. The molecule has 3 heterocycles. The average molecular weight is 194 g/mol. The molecule has 4 aliphatic rings. The molecule has 78 valence electrons. The summed E-state index contributed by atoms with van der Waals surface area (Å²) in [5.41, 5.74) is 0.903. The summed E-state index contributed by atoms with van der Waals surface area (Å²) in [7, 11) is 0. The molecule has 0 aromatic heterocycles. The number of hydrogen-bond donors (Lipinski definition) is 1. The number of carbonyl (C=O) groups is 1. The Balaban J connectivity index is 2.10. The van der Waals surface area contributed by atoms with Crippen molar-refractivity contribution >= 4 is 5.91 Å². The van der Waals surface area contributed by atoms with Gasteiger partial charge in [-0.05, 0) is 26.2 Å². The van der Waals surface area contributed by atoms with Crippen molar-refractivity contribution < 1.29 is 9.69 Å². The van der Waals surface area contributed by atoms with E-state index in [4.69, 9.17) is 0 Å². The van der Waals surface area contributed by atoms with E-state index in [1.54, 1.807) is 0 Å². The number of hydrogen-bond acceptors (Lipinski definition) is 1. The minimum Gasteiger partial charge on any atom is -0.270 e. The first-order valence-electron chi connectivity index (χ1n) is 5.74. The van der Waals surface area contributed by atoms with Gasteiger partial charge in [0.05, 0.1) is 18.5 Å². The van der Waals surface area contributed by atoms with Crippen LogP contribution in [-0.2, 0) is 4.79 Å². The van der Waals surface area contributed by atoms with Gasteiger partial charge in [0.1, 0.15) is 0 Å². The maximum absolute atomic E-state index is 12.1. The molecule has 0 radical (unpaired) electrons. The van der Waals surface area contributed by atoms with Crippen LogP contribution in [0.15, 0.2) is 0 Å². The van der Waals surface area contributed by atoms with Crippen LogP contribution in [0.1, 0.15) is 40.0 Å². The van der Waals surface area contributed by atoms with Gasteiger partial charge in [-0.3, -0.25) is 4.90 Å². The quantitative estimate of drug-likeness (QED) is 0.600. The molecule has 1 aliphatic carbocycles. The molecule has 4 atom stereocenters. The van der Waals surface area contributed by atoms with Crippen molar-refractivity contribution in [2.45, 2.75) is 40.0 Å². The lowest BCUT2D eigenvalue weighted by Crippen LogP contribution is -3.22. The molecule has 2 nitrogen and oxygen atoms in total. The third kappa shape index (κ3) is 0.928. The summed E-state index contributed by atoms with van der Waals surface area (Å²) in [4.78, 5) is 13.4. The molecule has 0 aromatic rings. The topological polar surface area (TPSA) is 21.5 Å². The summed E-state index contributed by atoms with van der Waals surface area (Å²) in [5, 5.41) is 0. The number of carbonyl (C=O) groups excluding carboxylic acids is 1. The monoisotopic (exact) mass is 194 g/mol. The highest BCUT2D eigenvalue weighted by molar-refractivity contribution is 5.76. The van der Waals surface area contributed by atoms with Crippen molar-refractivity contribution in [2.75, 3.05) is 13.1 Å². The third-order valence-corrected chi connectivity index (χ3v) is 4.64. The van der Waals surface area contributed by atoms with Crippen LogP contribution in [0.25, 0.3) is 0 Å². The Labute approximate surface area is 85.7 Å². The first-order chi connectivity index (χ1) is 6.34. The van der Waals surface area contributed by atoms with Crippen LogP contribution in [0.2, 0.25) is 0 Å². The molecule has 2 unspecified atom stereocenters. The highest BCUT2D eigenvalue weighted by Crippen LogP contribution is 2.57. The second kappa shape index (κ2) is 2.08. The Morgan fingerprint density at radius 2 is 1.50 bits per heavy atom. The minimum atomic E-state index is 0.00752. The van der Waals surface area contributed by atoms with Gasteiger partial charge in [0.25, 0.3) is 0 Å². The van der Waals surface area contributed by atoms with Gasteiger partial charge in [-0.2, -0.15) is 0 Å². The molecule has 1 N–H and O–H groups in total. The summed E-state index contributed by atoms with van der Waals surface area (Å²) in [6.07, 6.45) is 3.61. The van der Waals surface area contributed by atoms with E-state index in [9.17, 15) is 4.79 Å². The van der Waals surface area contributed by atoms with Gasteiger partial charge in [0.2, 0.25) is 0 Å². The standard InChI is InChI=1S/C12H19NO/c1-10-4-11(2)6-12(3,5-10)9(14)13(7-10)8-11/h4-8H2,1-3H3/p+1/t10-,11+,12?. The first-order valence-corrected chi connectivity index (χ1v) is 5.74. The van der Waals surface area contributed by atoms with E-state index in [1.807, 2.05) is 0 Å². The summed E-state index contributed by atoms with van der Waals surface area (Å²) < 4.78 is 0. The Bertz CT molecular complexity index is 304. The Morgan fingerprint density at radius 3 is 1.93 bits per heavy atom. The van der Waals surface area contributed by atoms with E-state index in [0.29, 0.717) is 16.7 Å². The number of rotatable bonds is 0. The fraction of sp³-hybridized carbons (Fsp3) is 0.917. The van der Waals surface area contributed by atoms with Gasteiger partial charge in [-0.15, -0.1) is 0 Å². The Kier molecular flexibility index (Phi) is 1.32. The zero-order valence-corrected chi connectivity index (χ0v) is 9.44. The molecule has 0 spiro atoms. The van der Waals surface area contributed by atoms with Gasteiger partial charge >= 0.3 is 5.91 Å². The number of nitrogens with one attached hydrogen (secondary N) is 1. The molecule has 1 amide bonds. The molecule has 3 aliphatic heterocycles. The zero-order chi connectivity index (χ0) is 10.2. The largest absolute Gasteiger partial charge is 0.318 e. The first kappa shape index (κ1) is 8.90. The van der Waals surface area contributed by atoms with Crippen molar-refractivity contribution in [3.8, 4) is 0 Å². The zero-order valence-electron chi connectivity index (χ0n) is 9.44. The van der Waals surface area contributed by atoms with Crippen molar-refractivity contribution in [2.24, 2.45) is 16.2 Å². The highest BCUT2D eigenvalue weighted by Gasteiger charge is 2.65. The predicted molar refractivity (Wildman–Crippen MR) is 53.9 cm³/mol. The van der Waals surface area contributed by atoms with Gasteiger partial charge in [0, 0.05) is 10.8 Å². The fourth-order valence-electron chi connectivity index (χ4n) is 5.19. The summed E-state index contributed by atoms with van der Waals surface area (Å²) in [6, 6.07) is 0. The summed E-state index contributed by atoms with van der Waals surface area (Å²) in [6.45, 7) is 9.15. The number of amides is 1. The predicted octanol–water partition coefficient (Wildman–Crippen LogP) is 0.628. The smallest absolute Gasteiger partial charge is 0.270 e. The lowest BCUT2D eigenvalue weighted by atomic mass is 9.49. The van der Waals surface area contributed by atoms with Crippen LogP contribution in [-0.4, -0.2) is 19.0 Å². The van der Waals surface area contributed by atoms with Crippen LogP contribution in [0.4, 0.5) is 0 Å². The van der Waals surface area contributed by atoms with E-state index in [2.05, 4.69) is 20.8 Å². The van der Waals surface area contributed by atoms with Crippen molar-refractivity contribution in [3.63, 3.8) is 0 Å². The number of quaternary nitrogens is 1. The molecule has 2 heteroatoms. The molecule has 3 saturated heterocycles. The van der Waals surface area contributed by atoms with Gasteiger partial charge in [0.15, 0.2) is 0 Å². The molecule has 4 bridgehead atoms. The average Bonchev–Trinajstić information content (AvgIpc) is 1.94. The number of piperidine rings is 3. The van der Waals surface area contributed by atoms with E-state index in [1.165, 1.54) is 11.3 Å². The van der Waals surface area contributed by atoms with E-state index < -0.39 is 0 Å². The lowest BCUT2D eigenvalue weighted by Gasteiger charge is -2.60.